The molecule has 4 rings (SSSR count). The van der Waals surface area contributed by atoms with Crippen LogP contribution in [0.1, 0.15) is 75.3 Å². The van der Waals surface area contributed by atoms with Gasteiger partial charge in [-0.25, -0.2) is 4.79 Å². The smallest absolute Gasteiger partial charge is 0.407 e. The largest absolute Gasteiger partial charge is 0.481 e. The third kappa shape index (κ3) is 5.84. The first-order valence-electron chi connectivity index (χ1n) is 12.5. The van der Waals surface area contributed by atoms with Gasteiger partial charge in [-0.05, 0) is 41.5 Å². The van der Waals surface area contributed by atoms with Crippen molar-refractivity contribution in [2.45, 2.75) is 75.8 Å². The highest BCUT2D eigenvalue weighted by atomic mass is 16.5. The van der Waals surface area contributed by atoms with E-state index in [4.69, 9.17) is 4.74 Å². The van der Waals surface area contributed by atoms with Gasteiger partial charge in [-0.1, -0.05) is 74.7 Å². The lowest BCUT2D eigenvalue weighted by atomic mass is 9.92. The number of hydrogen-bond donors (Lipinski definition) is 3. The highest BCUT2D eigenvalue weighted by Crippen LogP contribution is 2.44. The Morgan fingerprint density at radius 2 is 1.63 bits per heavy atom. The number of amides is 2. The molecule has 35 heavy (non-hydrogen) atoms. The molecule has 0 heterocycles. The van der Waals surface area contributed by atoms with E-state index in [2.05, 4.69) is 34.9 Å². The van der Waals surface area contributed by atoms with Crippen molar-refractivity contribution in [2.24, 2.45) is 0 Å². The summed E-state index contributed by atoms with van der Waals surface area (Å²) in [7, 11) is 0. The average molecular weight is 479 g/mol. The number of carboxylic acids is 1. The van der Waals surface area contributed by atoms with Crippen LogP contribution in [0.5, 0.6) is 0 Å². The molecule has 1 atom stereocenters. The minimum atomic E-state index is -0.908. The molecule has 0 spiro atoms. The van der Waals surface area contributed by atoms with Gasteiger partial charge < -0.3 is 20.5 Å². The number of ether oxygens (including phenoxy) is 1. The van der Waals surface area contributed by atoms with Gasteiger partial charge in [0.05, 0.1) is 12.0 Å². The van der Waals surface area contributed by atoms with E-state index in [-0.39, 0.29) is 37.3 Å². The van der Waals surface area contributed by atoms with Crippen molar-refractivity contribution in [1.29, 1.82) is 0 Å². The predicted molar refractivity (Wildman–Crippen MR) is 133 cm³/mol. The Hall–Kier alpha value is -3.35. The van der Waals surface area contributed by atoms with E-state index in [1.54, 1.807) is 0 Å². The Kier molecular flexibility index (Phi) is 7.73. The number of carbonyl (C=O) groups excluding carboxylic acids is 2. The van der Waals surface area contributed by atoms with Gasteiger partial charge in [-0.15, -0.1) is 0 Å². The molecule has 0 saturated heterocycles. The van der Waals surface area contributed by atoms with Crippen molar-refractivity contribution in [3.63, 3.8) is 0 Å². The Labute approximate surface area is 206 Å². The van der Waals surface area contributed by atoms with Crippen LogP contribution in [0, 0.1) is 0 Å². The Bertz CT molecular complexity index is 1030. The van der Waals surface area contributed by atoms with Crippen LogP contribution in [-0.2, 0) is 14.3 Å². The molecule has 2 amide bonds. The number of hydrogen-bond acceptors (Lipinski definition) is 4. The van der Waals surface area contributed by atoms with Crippen LogP contribution in [0.3, 0.4) is 0 Å². The molecule has 0 bridgehead atoms. The number of alkyl carbamates (subject to hydrolysis) is 1. The maximum Gasteiger partial charge on any atom is 0.407 e. The molecule has 2 aromatic rings. The zero-order valence-electron chi connectivity index (χ0n) is 20.2. The van der Waals surface area contributed by atoms with E-state index >= 15 is 0 Å². The molecule has 2 aromatic carbocycles. The molecule has 0 aromatic heterocycles. The number of fused-ring (bicyclic) bond motifs is 3. The molecule has 2 aliphatic carbocycles. The quantitative estimate of drug-likeness (QED) is 0.446. The maximum atomic E-state index is 12.8. The number of carboxylic acid groups (broad SMARTS) is 1. The standard InChI is InChI=1S/C28H34N2O5/c1-2-9-19(16-25(31)30-28(17-26(32)33)14-7-8-15-28)29-27(34)35-18-24-22-12-5-3-10-20(22)21-11-4-6-13-23(21)24/h3-6,10-13,19,24H,2,7-9,14-18H2,1H3,(H,29,34)(H,30,31)(H,32,33). The minimum Gasteiger partial charge on any atom is -0.481 e. The first-order chi connectivity index (χ1) is 16.9. The van der Waals surface area contributed by atoms with Crippen LogP contribution in [0.2, 0.25) is 0 Å². The lowest BCUT2D eigenvalue weighted by Crippen LogP contribution is -2.49. The number of nitrogens with one attached hydrogen (secondary N) is 2. The summed E-state index contributed by atoms with van der Waals surface area (Å²) >= 11 is 0. The van der Waals surface area contributed by atoms with Crippen molar-refractivity contribution in [1.82, 2.24) is 10.6 Å². The normalized spacial score (nSPS) is 16.7. The van der Waals surface area contributed by atoms with Crippen LogP contribution >= 0.6 is 0 Å². The summed E-state index contributed by atoms with van der Waals surface area (Å²) < 4.78 is 5.64. The molecule has 186 valence electrons. The van der Waals surface area contributed by atoms with Gasteiger partial charge in [-0.3, -0.25) is 9.59 Å². The predicted octanol–water partition coefficient (Wildman–Crippen LogP) is 4.99. The summed E-state index contributed by atoms with van der Waals surface area (Å²) in [6, 6.07) is 16.0. The van der Waals surface area contributed by atoms with E-state index in [1.807, 2.05) is 31.2 Å². The SMILES string of the molecule is CCCC(CC(=O)NC1(CC(=O)O)CCCC1)NC(=O)OCC1c2ccccc2-c2ccccc21. The number of aliphatic carboxylic acids is 1. The molecule has 0 radical (unpaired) electrons. The second kappa shape index (κ2) is 10.9. The number of carbonyl (C=O) groups is 3. The van der Waals surface area contributed by atoms with Crippen LogP contribution in [-0.4, -0.2) is 41.3 Å². The van der Waals surface area contributed by atoms with Crippen LogP contribution in [0.15, 0.2) is 48.5 Å². The molecular weight excluding hydrogens is 444 g/mol. The minimum absolute atomic E-state index is 0.0284. The molecule has 1 saturated carbocycles. The van der Waals surface area contributed by atoms with E-state index in [9.17, 15) is 19.5 Å². The summed E-state index contributed by atoms with van der Waals surface area (Å²) in [4.78, 5) is 36.8. The molecular formula is C28H34N2O5. The average Bonchev–Trinajstić information content (AvgIpc) is 3.39. The summed E-state index contributed by atoms with van der Waals surface area (Å²) in [5, 5.41) is 15.1. The zero-order chi connectivity index (χ0) is 24.8. The van der Waals surface area contributed by atoms with Gasteiger partial charge >= 0.3 is 12.1 Å². The Balaban J connectivity index is 1.35. The molecule has 7 nitrogen and oxygen atoms in total. The molecule has 3 N–H and O–H groups in total. The fourth-order valence-corrected chi connectivity index (χ4v) is 5.64. The molecule has 2 aliphatic rings. The third-order valence-corrected chi connectivity index (χ3v) is 7.19. The van der Waals surface area contributed by atoms with Crippen LogP contribution < -0.4 is 10.6 Å². The molecule has 7 heteroatoms. The van der Waals surface area contributed by atoms with Gasteiger partial charge in [0.1, 0.15) is 6.61 Å². The number of rotatable bonds is 10. The van der Waals surface area contributed by atoms with E-state index < -0.39 is 17.6 Å². The summed E-state index contributed by atoms with van der Waals surface area (Å²) in [6.45, 7) is 2.21. The second-order valence-electron chi connectivity index (χ2n) is 9.77. The topological polar surface area (TPSA) is 105 Å². The van der Waals surface area contributed by atoms with Gasteiger partial charge in [0.2, 0.25) is 5.91 Å². The van der Waals surface area contributed by atoms with Crippen LogP contribution in [0.25, 0.3) is 11.1 Å². The summed E-state index contributed by atoms with van der Waals surface area (Å²) in [5.41, 5.74) is 3.95. The van der Waals surface area contributed by atoms with Crippen molar-refractivity contribution < 1.29 is 24.2 Å². The van der Waals surface area contributed by atoms with Crippen molar-refractivity contribution in [3.05, 3.63) is 59.7 Å². The highest BCUT2D eigenvalue weighted by Gasteiger charge is 2.38. The number of benzene rings is 2. The van der Waals surface area contributed by atoms with E-state index in [0.29, 0.717) is 19.3 Å². The van der Waals surface area contributed by atoms with Crippen LogP contribution in [0.4, 0.5) is 4.79 Å². The van der Waals surface area contributed by atoms with Crippen molar-refractivity contribution in [3.8, 4) is 11.1 Å². The molecule has 1 fully saturated rings. The van der Waals surface area contributed by atoms with Gasteiger partial charge in [0.15, 0.2) is 0 Å². The zero-order valence-corrected chi connectivity index (χ0v) is 20.2. The van der Waals surface area contributed by atoms with E-state index in [0.717, 1.165) is 30.4 Å². The fraction of sp³-hybridized carbons (Fsp3) is 0.464. The highest BCUT2D eigenvalue weighted by molar-refractivity contribution is 5.80. The Morgan fingerprint density at radius 1 is 1.03 bits per heavy atom. The second-order valence-corrected chi connectivity index (χ2v) is 9.77. The lowest BCUT2D eigenvalue weighted by molar-refractivity contribution is -0.139. The first kappa shape index (κ1) is 24.8. The fourth-order valence-electron chi connectivity index (χ4n) is 5.64. The van der Waals surface area contributed by atoms with Crippen molar-refractivity contribution >= 4 is 18.0 Å². The van der Waals surface area contributed by atoms with Gasteiger partial charge in [0.25, 0.3) is 0 Å². The first-order valence-corrected chi connectivity index (χ1v) is 12.5. The van der Waals surface area contributed by atoms with Crippen molar-refractivity contribution in [2.75, 3.05) is 6.61 Å². The third-order valence-electron chi connectivity index (χ3n) is 7.19. The summed E-state index contributed by atoms with van der Waals surface area (Å²) in [5.74, 6) is -1.17. The van der Waals surface area contributed by atoms with E-state index in [1.165, 1.54) is 11.1 Å². The Morgan fingerprint density at radius 3 is 2.20 bits per heavy atom. The molecule has 0 aliphatic heterocycles. The van der Waals surface area contributed by atoms with Gasteiger partial charge in [0, 0.05) is 18.4 Å². The summed E-state index contributed by atoms with van der Waals surface area (Å²) in [6.07, 6.45) is 4.06. The molecule has 1 unspecified atom stereocenters. The lowest BCUT2D eigenvalue weighted by Gasteiger charge is -2.29. The maximum absolute atomic E-state index is 12.8. The monoisotopic (exact) mass is 478 g/mol. The van der Waals surface area contributed by atoms with Gasteiger partial charge in [-0.2, -0.15) is 0 Å².